The van der Waals surface area contributed by atoms with E-state index in [4.69, 9.17) is 9.47 Å². The molecule has 0 aliphatic rings. The molecule has 36 heavy (non-hydrogen) atoms. The highest BCUT2D eigenvalue weighted by atomic mass is 32.2. The van der Waals surface area contributed by atoms with E-state index in [1.165, 1.54) is 32.4 Å². The third kappa shape index (κ3) is 5.06. The van der Waals surface area contributed by atoms with E-state index in [0.29, 0.717) is 28.5 Å². The van der Waals surface area contributed by atoms with E-state index in [1.807, 2.05) is 4.72 Å². The summed E-state index contributed by atoms with van der Waals surface area (Å²) in [6.45, 7) is 0. The topological polar surface area (TPSA) is 77.5 Å². The lowest BCUT2D eigenvalue weighted by molar-refractivity contribution is -0.139. The smallest absolute Gasteiger partial charge is 0.417 e. The summed E-state index contributed by atoms with van der Waals surface area (Å²) in [7, 11) is -1.64. The van der Waals surface area contributed by atoms with Crippen molar-refractivity contribution < 1.29 is 35.5 Å². The first-order valence-corrected chi connectivity index (χ1v) is 12.0. The standard InChI is InChI=1S/C25H20F4N2O4S/c1-34-22-13-18-15(9-10-30-21(18)14-23(22)35-2)11-16-7-8-17(12-20(16)26)31-36(32,33)24-6-4-3-5-19(24)25(27,28)29/h3-10,12-14,31H,11H2,1-2H3. The summed E-state index contributed by atoms with van der Waals surface area (Å²) >= 11 is 0. The number of nitrogens with one attached hydrogen (secondary N) is 1. The van der Waals surface area contributed by atoms with Crippen molar-refractivity contribution in [3.05, 3.63) is 89.4 Å². The summed E-state index contributed by atoms with van der Waals surface area (Å²) < 4.78 is 92.7. The minimum absolute atomic E-state index is 0.143. The van der Waals surface area contributed by atoms with E-state index in [0.717, 1.165) is 23.8 Å². The molecule has 0 fully saturated rings. The average molecular weight is 521 g/mol. The van der Waals surface area contributed by atoms with Gasteiger partial charge in [0.2, 0.25) is 0 Å². The number of alkyl halides is 3. The summed E-state index contributed by atoms with van der Waals surface area (Å²) in [4.78, 5) is 3.36. The van der Waals surface area contributed by atoms with Gasteiger partial charge in [0, 0.05) is 24.1 Å². The normalized spacial score (nSPS) is 11.9. The van der Waals surface area contributed by atoms with Crippen LogP contribution >= 0.6 is 0 Å². The maximum absolute atomic E-state index is 15.0. The van der Waals surface area contributed by atoms with Crippen LogP contribution in [0.25, 0.3) is 10.9 Å². The van der Waals surface area contributed by atoms with Gasteiger partial charge >= 0.3 is 6.18 Å². The third-order valence-corrected chi connectivity index (χ3v) is 6.94. The Hall–Kier alpha value is -3.86. The number of hydrogen-bond acceptors (Lipinski definition) is 5. The molecule has 0 unspecified atom stereocenters. The van der Waals surface area contributed by atoms with Crippen molar-refractivity contribution in [1.82, 2.24) is 4.98 Å². The fourth-order valence-corrected chi connectivity index (χ4v) is 5.07. The summed E-state index contributed by atoms with van der Waals surface area (Å²) in [5.41, 5.74) is 0.0620. The highest BCUT2D eigenvalue weighted by molar-refractivity contribution is 7.92. The molecule has 0 atom stereocenters. The first-order chi connectivity index (χ1) is 17.0. The van der Waals surface area contributed by atoms with E-state index >= 15 is 0 Å². The van der Waals surface area contributed by atoms with Gasteiger partial charge in [-0.2, -0.15) is 13.2 Å². The van der Waals surface area contributed by atoms with Gasteiger partial charge in [0.1, 0.15) is 5.82 Å². The molecule has 3 aromatic carbocycles. The Bertz CT molecular complexity index is 1540. The van der Waals surface area contributed by atoms with Crippen LogP contribution in [0, 0.1) is 5.82 Å². The molecule has 0 saturated heterocycles. The monoisotopic (exact) mass is 520 g/mol. The number of methoxy groups -OCH3 is 2. The molecule has 6 nitrogen and oxygen atoms in total. The molecule has 0 radical (unpaired) electrons. The van der Waals surface area contributed by atoms with Crippen molar-refractivity contribution >= 4 is 26.6 Å². The van der Waals surface area contributed by atoms with Crippen LogP contribution < -0.4 is 14.2 Å². The number of pyridine rings is 1. The van der Waals surface area contributed by atoms with Crippen LogP contribution in [0.15, 0.2) is 71.8 Å². The Balaban J connectivity index is 1.64. The average Bonchev–Trinajstić information content (AvgIpc) is 2.84. The molecule has 0 aliphatic carbocycles. The van der Waals surface area contributed by atoms with Gasteiger partial charge < -0.3 is 9.47 Å². The molecule has 0 amide bonds. The van der Waals surface area contributed by atoms with E-state index in [9.17, 15) is 26.0 Å². The quantitative estimate of drug-likeness (QED) is 0.312. The number of anilines is 1. The largest absolute Gasteiger partial charge is 0.493 e. The zero-order valence-corrected chi connectivity index (χ0v) is 19.9. The van der Waals surface area contributed by atoms with E-state index in [-0.39, 0.29) is 17.7 Å². The maximum atomic E-state index is 15.0. The molecular weight excluding hydrogens is 500 g/mol. The lowest BCUT2D eigenvalue weighted by Gasteiger charge is -2.15. The molecule has 0 aliphatic heterocycles. The van der Waals surface area contributed by atoms with Gasteiger partial charge in [0.15, 0.2) is 11.5 Å². The Morgan fingerprint density at radius 3 is 2.28 bits per heavy atom. The predicted molar refractivity (Wildman–Crippen MR) is 126 cm³/mol. The van der Waals surface area contributed by atoms with Crippen molar-refractivity contribution in [2.75, 3.05) is 18.9 Å². The van der Waals surface area contributed by atoms with Gasteiger partial charge in [0.05, 0.1) is 35.9 Å². The Morgan fingerprint density at radius 2 is 1.61 bits per heavy atom. The SMILES string of the molecule is COc1cc2nccc(Cc3ccc(NS(=O)(=O)c4ccccc4C(F)(F)F)cc3F)c2cc1OC. The second-order valence-corrected chi connectivity index (χ2v) is 9.43. The van der Waals surface area contributed by atoms with Crippen molar-refractivity contribution in [2.45, 2.75) is 17.5 Å². The van der Waals surface area contributed by atoms with E-state index < -0.39 is 32.5 Å². The number of benzene rings is 3. The van der Waals surface area contributed by atoms with Gasteiger partial charge in [0.25, 0.3) is 10.0 Å². The molecule has 0 saturated carbocycles. The molecule has 4 rings (SSSR count). The number of hydrogen-bond donors (Lipinski definition) is 1. The molecule has 0 spiro atoms. The number of sulfonamides is 1. The van der Waals surface area contributed by atoms with Crippen LogP contribution in [-0.2, 0) is 22.6 Å². The van der Waals surface area contributed by atoms with Crippen molar-refractivity contribution in [2.24, 2.45) is 0 Å². The number of ether oxygens (including phenoxy) is 2. The van der Waals surface area contributed by atoms with Crippen LogP contribution in [0.4, 0.5) is 23.2 Å². The van der Waals surface area contributed by atoms with Gasteiger partial charge in [-0.3, -0.25) is 9.71 Å². The molecule has 1 heterocycles. The van der Waals surface area contributed by atoms with Crippen LogP contribution in [-0.4, -0.2) is 27.6 Å². The zero-order chi connectivity index (χ0) is 26.1. The fourth-order valence-electron chi connectivity index (χ4n) is 3.79. The number of halogens is 4. The molecule has 11 heteroatoms. The maximum Gasteiger partial charge on any atom is 0.417 e. The van der Waals surface area contributed by atoms with Crippen molar-refractivity contribution in [3.8, 4) is 11.5 Å². The van der Waals surface area contributed by atoms with E-state index in [1.54, 1.807) is 24.4 Å². The van der Waals surface area contributed by atoms with Crippen molar-refractivity contribution in [1.29, 1.82) is 0 Å². The summed E-state index contributed by atoms with van der Waals surface area (Å²) in [5, 5.41) is 0.711. The second-order valence-electron chi connectivity index (χ2n) is 7.78. The number of nitrogens with zero attached hydrogens (tertiary/aromatic N) is 1. The van der Waals surface area contributed by atoms with Gasteiger partial charge in [-0.05, 0) is 47.5 Å². The minimum Gasteiger partial charge on any atom is -0.493 e. The molecule has 1 aromatic heterocycles. The first kappa shape index (κ1) is 25.2. The molecule has 4 aromatic rings. The lowest BCUT2D eigenvalue weighted by Crippen LogP contribution is -2.19. The predicted octanol–water partition coefficient (Wildman–Crippen LogP) is 5.80. The summed E-state index contributed by atoms with van der Waals surface area (Å²) in [6.07, 6.45) is -3.16. The zero-order valence-electron chi connectivity index (χ0n) is 19.1. The van der Waals surface area contributed by atoms with Gasteiger partial charge in [-0.1, -0.05) is 18.2 Å². The Labute approximate surface area is 204 Å². The van der Waals surface area contributed by atoms with Crippen molar-refractivity contribution in [3.63, 3.8) is 0 Å². The summed E-state index contributed by atoms with van der Waals surface area (Å²) in [5.74, 6) is 0.234. The highest BCUT2D eigenvalue weighted by Gasteiger charge is 2.37. The number of aromatic nitrogens is 1. The molecule has 0 bridgehead atoms. The second kappa shape index (κ2) is 9.65. The highest BCUT2D eigenvalue weighted by Crippen LogP contribution is 2.35. The molecule has 1 N–H and O–H groups in total. The van der Waals surface area contributed by atoms with Crippen LogP contribution in [0.1, 0.15) is 16.7 Å². The first-order valence-electron chi connectivity index (χ1n) is 10.5. The van der Waals surface area contributed by atoms with Gasteiger partial charge in [-0.25, -0.2) is 12.8 Å². The Kier molecular flexibility index (Phi) is 6.77. The third-order valence-electron chi connectivity index (χ3n) is 5.51. The van der Waals surface area contributed by atoms with Crippen LogP contribution in [0.5, 0.6) is 11.5 Å². The number of rotatable bonds is 7. The molecular formula is C25H20F4N2O4S. The van der Waals surface area contributed by atoms with Crippen LogP contribution in [0.3, 0.4) is 0 Å². The molecule has 188 valence electrons. The van der Waals surface area contributed by atoms with Gasteiger partial charge in [-0.15, -0.1) is 0 Å². The fraction of sp³-hybridized carbons (Fsp3) is 0.160. The van der Waals surface area contributed by atoms with Crippen LogP contribution in [0.2, 0.25) is 0 Å². The lowest BCUT2D eigenvalue weighted by atomic mass is 10.00. The minimum atomic E-state index is -4.87. The Morgan fingerprint density at radius 1 is 0.917 bits per heavy atom. The number of fused-ring (bicyclic) bond motifs is 1. The summed E-state index contributed by atoms with van der Waals surface area (Å²) in [6, 6.07) is 12.5. The van der Waals surface area contributed by atoms with E-state index in [2.05, 4.69) is 4.98 Å².